The number of amides is 1. The normalized spacial score (nSPS) is 10.5. The van der Waals surface area contributed by atoms with Crippen LogP contribution in [0.2, 0.25) is 0 Å². The van der Waals surface area contributed by atoms with Gasteiger partial charge in [-0.1, -0.05) is 88.7 Å². The summed E-state index contributed by atoms with van der Waals surface area (Å²) in [6, 6.07) is 33.0. The molecule has 0 radical (unpaired) electrons. The van der Waals surface area contributed by atoms with E-state index in [4.69, 9.17) is 9.47 Å². The van der Waals surface area contributed by atoms with Gasteiger partial charge >= 0.3 is 0 Å². The number of hydrogen-bond donors (Lipinski definition) is 1. The maximum Gasteiger partial charge on any atom is 0.259 e. The van der Waals surface area contributed by atoms with Gasteiger partial charge in [-0.2, -0.15) is 0 Å². The fraction of sp³-hybridized carbons (Fsp3) is 0.107. The molecule has 0 spiro atoms. The molecule has 5 heteroatoms. The molecule has 0 heterocycles. The van der Waals surface area contributed by atoms with Crippen molar-refractivity contribution < 1.29 is 14.3 Å². The highest BCUT2D eigenvalue weighted by molar-refractivity contribution is 9.09. The van der Waals surface area contributed by atoms with E-state index in [-0.39, 0.29) is 5.91 Å². The number of carbonyl (C=O) groups excluding carboxylic acids is 1. The van der Waals surface area contributed by atoms with Crippen molar-refractivity contribution in [2.75, 3.05) is 17.3 Å². The van der Waals surface area contributed by atoms with E-state index in [1.165, 1.54) is 0 Å². The van der Waals surface area contributed by atoms with Crippen molar-refractivity contribution in [3.8, 4) is 22.6 Å². The van der Waals surface area contributed by atoms with Crippen molar-refractivity contribution in [3.05, 3.63) is 114 Å². The second-order valence-corrected chi connectivity index (χ2v) is 8.16. The molecule has 0 aromatic heterocycles. The lowest BCUT2D eigenvalue weighted by atomic mass is 10.1. The Kier molecular flexibility index (Phi) is 7.77. The molecule has 4 nitrogen and oxygen atoms in total. The van der Waals surface area contributed by atoms with Crippen LogP contribution in [0.25, 0.3) is 11.1 Å². The molecular formula is C28H24BrNO3. The van der Waals surface area contributed by atoms with E-state index in [0.29, 0.717) is 41.3 Å². The van der Waals surface area contributed by atoms with Crippen LogP contribution in [0, 0.1) is 0 Å². The Balaban J connectivity index is 1.57. The van der Waals surface area contributed by atoms with Gasteiger partial charge in [0.05, 0.1) is 12.2 Å². The Hall–Kier alpha value is -3.57. The third kappa shape index (κ3) is 6.24. The molecule has 4 aromatic carbocycles. The SMILES string of the molecule is O=C(Nc1cccc(-c2ccccc2)c1)c1cc(OCCBr)ccc1OCc1ccccc1. The van der Waals surface area contributed by atoms with Crippen LogP contribution < -0.4 is 14.8 Å². The number of anilines is 1. The lowest BCUT2D eigenvalue weighted by Gasteiger charge is -2.14. The summed E-state index contributed by atoms with van der Waals surface area (Å²) >= 11 is 3.36. The number of nitrogens with one attached hydrogen (secondary N) is 1. The zero-order valence-electron chi connectivity index (χ0n) is 18.0. The van der Waals surface area contributed by atoms with Gasteiger partial charge in [0, 0.05) is 11.0 Å². The number of rotatable bonds is 9. The van der Waals surface area contributed by atoms with Crippen molar-refractivity contribution in [2.24, 2.45) is 0 Å². The molecule has 33 heavy (non-hydrogen) atoms. The number of carbonyl (C=O) groups is 1. The minimum Gasteiger partial charge on any atom is -0.493 e. The van der Waals surface area contributed by atoms with Gasteiger partial charge in [0.1, 0.15) is 18.1 Å². The summed E-state index contributed by atoms with van der Waals surface area (Å²) in [6.07, 6.45) is 0. The van der Waals surface area contributed by atoms with Crippen LogP contribution in [0.15, 0.2) is 103 Å². The van der Waals surface area contributed by atoms with Crippen LogP contribution in [0.1, 0.15) is 15.9 Å². The molecule has 1 amide bonds. The van der Waals surface area contributed by atoms with Crippen LogP contribution in [-0.2, 0) is 6.61 Å². The molecule has 4 aromatic rings. The van der Waals surface area contributed by atoms with Crippen LogP contribution >= 0.6 is 15.9 Å². The van der Waals surface area contributed by atoms with E-state index in [1.54, 1.807) is 12.1 Å². The van der Waals surface area contributed by atoms with Crippen molar-refractivity contribution in [3.63, 3.8) is 0 Å². The predicted molar refractivity (Wildman–Crippen MR) is 136 cm³/mol. The summed E-state index contributed by atoms with van der Waals surface area (Å²) < 4.78 is 11.7. The maximum atomic E-state index is 13.3. The van der Waals surface area contributed by atoms with Crippen molar-refractivity contribution in [1.29, 1.82) is 0 Å². The third-order valence-corrected chi connectivity index (χ3v) is 5.33. The summed E-state index contributed by atoms with van der Waals surface area (Å²) in [4.78, 5) is 13.3. The first kappa shape index (κ1) is 22.6. The van der Waals surface area contributed by atoms with E-state index < -0.39 is 0 Å². The Morgan fingerprint density at radius 1 is 0.758 bits per heavy atom. The molecule has 0 saturated carbocycles. The van der Waals surface area contributed by atoms with Crippen LogP contribution in [-0.4, -0.2) is 17.8 Å². The molecule has 166 valence electrons. The average molecular weight is 502 g/mol. The Morgan fingerprint density at radius 3 is 2.24 bits per heavy atom. The minimum atomic E-state index is -0.257. The Labute approximate surface area is 202 Å². The first-order valence-electron chi connectivity index (χ1n) is 10.7. The van der Waals surface area contributed by atoms with Gasteiger partial charge in [0.15, 0.2) is 0 Å². The zero-order chi connectivity index (χ0) is 22.9. The summed E-state index contributed by atoms with van der Waals surface area (Å²) in [5, 5.41) is 3.71. The van der Waals surface area contributed by atoms with Crippen LogP contribution in [0.4, 0.5) is 5.69 Å². The van der Waals surface area contributed by atoms with Gasteiger partial charge in [-0.25, -0.2) is 0 Å². The van der Waals surface area contributed by atoms with Gasteiger partial charge in [-0.15, -0.1) is 0 Å². The van der Waals surface area contributed by atoms with E-state index in [0.717, 1.165) is 16.7 Å². The van der Waals surface area contributed by atoms with E-state index in [2.05, 4.69) is 21.2 Å². The fourth-order valence-corrected chi connectivity index (χ4v) is 3.56. The average Bonchev–Trinajstić information content (AvgIpc) is 2.87. The second kappa shape index (κ2) is 11.3. The first-order valence-corrected chi connectivity index (χ1v) is 11.8. The molecule has 0 saturated heterocycles. The summed E-state index contributed by atoms with van der Waals surface area (Å²) in [7, 11) is 0. The molecule has 0 atom stereocenters. The van der Waals surface area contributed by atoms with Gasteiger partial charge in [0.25, 0.3) is 5.91 Å². The highest BCUT2D eigenvalue weighted by Gasteiger charge is 2.15. The number of halogens is 1. The number of ether oxygens (including phenoxy) is 2. The molecular weight excluding hydrogens is 478 g/mol. The van der Waals surface area contributed by atoms with Crippen LogP contribution in [0.3, 0.4) is 0 Å². The summed E-state index contributed by atoms with van der Waals surface area (Å²) in [6.45, 7) is 0.872. The standard InChI is InChI=1S/C28H24BrNO3/c29-16-17-32-25-14-15-27(33-20-21-8-3-1-4-9-21)26(19-25)28(31)30-24-13-7-12-23(18-24)22-10-5-2-6-11-22/h1-15,18-19H,16-17,20H2,(H,30,31). The van der Waals surface area contributed by atoms with Crippen LogP contribution in [0.5, 0.6) is 11.5 Å². The maximum absolute atomic E-state index is 13.3. The van der Waals surface area contributed by atoms with Crippen molar-refractivity contribution in [2.45, 2.75) is 6.61 Å². The highest BCUT2D eigenvalue weighted by atomic mass is 79.9. The fourth-order valence-electron chi connectivity index (χ4n) is 3.40. The summed E-state index contributed by atoms with van der Waals surface area (Å²) in [5.74, 6) is 0.860. The van der Waals surface area contributed by atoms with Crippen molar-refractivity contribution >= 4 is 27.5 Å². The predicted octanol–water partition coefficient (Wildman–Crippen LogP) is 6.96. The van der Waals surface area contributed by atoms with Gasteiger partial charge in [-0.05, 0) is 47.0 Å². The van der Waals surface area contributed by atoms with Crippen molar-refractivity contribution in [1.82, 2.24) is 0 Å². The minimum absolute atomic E-state index is 0.257. The molecule has 0 aliphatic carbocycles. The number of alkyl halides is 1. The van der Waals surface area contributed by atoms with Gasteiger partial charge in [-0.3, -0.25) is 4.79 Å². The first-order chi connectivity index (χ1) is 16.2. The zero-order valence-corrected chi connectivity index (χ0v) is 19.6. The molecule has 0 aliphatic heterocycles. The molecule has 0 bridgehead atoms. The topological polar surface area (TPSA) is 47.6 Å². The molecule has 0 unspecified atom stereocenters. The monoisotopic (exact) mass is 501 g/mol. The van der Waals surface area contributed by atoms with E-state index in [1.807, 2.05) is 91.0 Å². The van der Waals surface area contributed by atoms with Gasteiger partial charge < -0.3 is 14.8 Å². The largest absolute Gasteiger partial charge is 0.493 e. The summed E-state index contributed by atoms with van der Waals surface area (Å²) in [5.41, 5.74) is 4.28. The van der Waals surface area contributed by atoms with E-state index >= 15 is 0 Å². The quantitative estimate of drug-likeness (QED) is 0.252. The smallest absolute Gasteiger partial charge is 0.259 e. The Bertz CT molecular complexity index is 1200. The molecule has 4 rings (SSSR count). The lowest BCUT2D eigenvalue weighted by molar-refractivity contribution is 0.102. The van der Waals surface area contributed by atoms with Gasteiger partial charge in [0.2, 0.25) is 0 Å². The Morgan fingerprint density at radius 2 is 1.48 bits per heavy atom. The molecule has 0 fully saturated rings. The molecule has 1 N–H and O–H groups in total. The third-order valence-electron chi connectivity index (χ3n) is 5.01. The molecule has 0 aliphatic rings. The number of benzene rings is 4. The van der Waals surface area contributed by atoms with E-state index in [9.17, 15) is 4.79 Å². The highest BCUT2D eigenvalue weighted by Crippen LogP contribution is 2.28. The second-order valence-electron chi connectivity index (χ2n) is 7.37. The number of hydrogen-bond acceptors (Lipinski definition) is 3. The lowest BCUT2D eigenvalue weighted by Crippen LogP contribution is -2.14.